The van der Waals surface area contributed by atoms with Crippen molar-refractivity contribution in [3.8, 4) is 0 Å². The number of carbonyl (C=O) groups excluding carboxylic acids is 1. The average molecular weight is 238 g/mol. The molecule has 3 heteroatoms. The number of aryl methyl sites for hydroxylation is 1. The van der Waals surface area contributed by atoms with Gasteiger partial charge < -0.3 is 5.32 Å². The summed E-state index contributed by atoms with van der Waals surface area (Å²) in [5, 5.41) is 2.93. The van der Waals surface area contributed by atoms with Crippen molar-refractivity contribution in [3.63, 3.8) is 0 Å². The van der Waals surface area contributed by atoms with Gasteiger partial charge in [0.2, 0.25) is 5.91 Å². The fourth-order valence-electron chi connectivity index (χ4n) is 2.04. The van der Waals surface area contributed by atoms with Gasteiger partial charge in [-0.05, 0) is 36.5 Å². The number of carbonyl (C=O) groups is 1. The molecule has 1 aromatic rings. The molecular formula is C13H16ClNO. The van der Waals surface area contributed by atoms with Crippen LogP contribution in [0.2, 0.25) is 0 Å². The Morgan fingerprint density at radius 3 is 3.06 bits per heavy atom. The van der Waals surface area contributed by atoms with E-state index < -0.39 is 0 Å². The van der Waals surface area contributed by atoms with E-state index in [0.29, 0.717) is 5.88 Å². The Bertz CT molecular complexity index is 403. The molecule has 1 aliphatic heterocycles. The van der Waals surface area contributed by atoms with E-state index in [1.54, 1.807) is 0 Å². The molecule has 1 N–H and O–H groups in total. The monoisotopic (exact) mass is 237 g/mol. The van der Waals surface area contributed by atoms with Crippen LogP contribution in [0.3, 0.4) is 0 Å². The third-order valence-corrected chi connectivity index (χ3v) is 3.27. The molecule has 0 radical (unpaired) electrons. The molecule has 0 bridgehead atoms. The second-order valence-corrected chi connectivity index (χ2v) is 4.76. The summed E-state index contributed by atoms with van der Waals surface area (Å²) in [6, 6.07) is 6.27. The van der Waals surface area contributed by atoms with Gasteiger partial charge in [0.1, 0.15) is 0 Å². The second-order valence-electron chi connectivity index (χ2n) is 4.38. The van der Waals surface area contributed by atoms with Crippen LogP contribution < -0.4 is 5.32 Å². The maximum atomic E-state index is 11.5. The normalized spacial score (nSPS) is 19.1. The van der Waals surface area contributed by atoms with Crippen LogP contribution in [0.25, 0.3) is 0 Å². The van der Waals surface area contributed by atoms with E-state index >= 15 is 0 Å². The van der Waals surface area contributed by atoms with Crippen molar-refractivity contribution in [3.05, 3.63) is 29.3 Å². The molecular weight excluding hydrogens is 222 g/mol. The minimum atomic E-state index is 0.0794. The van der Waals surface area contributed by atoms with Crippen LogP contribution in [-0.4, -0.2) is 11.8 Å². The maximum Gasteiger partial charge on any atom is 0.227 e. The van der Waals surface area contributed by atoms with E-state index in [-0.39, 0.29) is 11.8 Å². The van der Waals surface area contributed by atoms with Crippen LogP contribution in [0.1, 0.15) is 24.5 Å². The lowest BCUT2D eigenvalue weighted by Gasteiger charge is -2.22. The van der Waals surface area contributed by atoms with Crippen LogP contribution in [0.4, 0.5) is 5.69 Å². The summed E-state index contributed by atoms with van der Waals surface area (Å²) < 4.78 is 0. The van der Waals surface area contributed by atoms with Crippen molar-refractivity contribution >= 4 is 23.2 Å². The number of benzene rings is 1. The van der Waals surface area contributed by atoms with Gasteiger partial charge in [-0.2, -0.15) is 0 Å². The van der Waals surface area contributed by atoms with Crippen molar-refractivity contribution in [2.24, 2.45) is 5.92 Å². The smallest absolute Gasteiger partial charge is 0.227 e. The van der Waals surface area contributed by atoms with E-state index in [9.17, 15) is 4.79 Å². The van der Waals surface area contributed by atoms with E-state index in [2.05, 4.69) is 17.4 Å². The molecule has 16 heavy (non-hydrogen) atoms. The summed E-state index contributed by atoms with van der Waals surface area (Å²) in [4.78, 5) is 11.5. The van der Waals surface area contributed by atoms with Gasteiger partial charge in [0.25, 0.3) is 0 Å². The third kappa shape index (κ3) is 2.38. The van der Waals surface area contributed by atoms with Gasteiger partial charge in [-0.25, -0.2) is 0 Å². The summed E-state index contributed by atoms with van der Waals surface area (Å²) in [6.45, 7) is 1.96. The van der Waals surface area contributed by atoms with E-state index in [4.69, 9.17) is 11.6 Å². The summed E-state index contributed by atoms with van der Waals surface area (Å²) in [5.41, 5.74) is 3.53. The number of hydrogen-bond acceptors (Lipinski definition) is 1. The number of amides is 1. The largest absolute Gasteiger partial charge is 0.326 e. The van der Waals surface area contributed by atoms with Gasteiger partial charge in [0.05, 0.1) is 0 Å². The van der Waals surface area contributed by atoms with Crippen molar-refractivity contribution in [1.29, 1.82) is 0 Å². The Morgan fingerprint density at radius 2 is 2.31 bits per heavy atom. The number of halogens is 1. The van der Waals surface area contributed by atoms with Crippen molar-refractivity contribution in [1.82, 2.24) is 0 Å². The molecule has 2 nitrogen and oxygen atoms in total. The fourth-order valence-corrected chi connectivity index (χ4v) is 2.18. The molecule has 1 heterocycles. The Kier molecular flexibility index (Phi) is 3.49. The van der Waals surface area contributed by atoms with Crippen LogP contribution in [0.5, 0.6) is 0 Å². The number of fused-ring (bicyclic) bond motifs is 1. The van der Waals surface area contributed by atoms with Gasteiger partial charge >= 0.3 is 0 Å². The van der Waals surface area contributed by atoms with Gasteiger partial charge in [-0.1, -0.05) is 19.1 Å². The summed E-state index contributed by atoms with van der Waals surface area (Å²) in [7, 11) is 0. The molecule has 0 saturated heterocycles. The molecule has 0 aromatic heterocycles. The van der Waals surface area contributed by atoms with E-state index in [0.717, 1.165) is 24.9 Å². The molecule has 1 atom stereocenters. The molecule has 1 amide bonds. The van der Waals surface area contributed by atoms with Crippen LogP contribution in [0.15, 0.2) is 18.2 Å². The fraction of sp³-hybridized carbons (Fsp3) is 0.462. The average Bonchev–Trinajstić information content (AvgIpc) is 2.28. The molecule has 1 aliphatic rings. The summed E-state index contributed by atoms with van der Waals surface area (Å²) in [6.07, 6.45) is 2.86. The lowest BCUT2D eigenvalue weighted by atomic mass is 9.93. The minimum Gasteiger partial charge on any atom is -0.326 e. The second kappa shape index (κ2) is 4.88. The first-order valence-corrected chi connectivity index (χ1v) is 6.23. The maximum absolute atomic E-state index is 11.5. The van der Waals surface area contributed by atoms with Crippen LogP contribution in [-0.2, 0) is 17.6 Å². The summed E-state index contributed by atoms with van der Waals surface area (Å²) in [5.74, 6) is 0.904. The van der Waals surface area contributed by atoms with Crippen LogP contribution >= 0.6 is 11.6 Å². The molecule has 0 saturated carbocycles. The zero-order valence-electron chi connectivity index (χ0n) is 9.42. The highest BCUT2D eigenvalue weighted by Crippen LogP contribution is 2.26. The Hall–Kier alpha value is -1.02. The Balaban J connectivity index is 2.19. The van der Waals surface area contributed by atoms with Crippen molar-refractivity contribution in [2.75, 3.05) is 11.2 Å². The molecule has 1 unspecified atom stereocenters. The lowest BCUT2D eigenvalue weighted by Crippen LogP contribution is -2.27. The Morgan fingerprint density at radius 1 is 1.50 bits per heavy atom. The first kappa shape index (κ1) is 11.5. The number of nitrogens with one attached hydrogen (secondary N) is 1. The predicted molar refractivity (Wildman–Crippen MR) is 67.0 cm³/mol. The standard InChI is InChI=1S/C13H16ClNO/c1-9-7-11-8-10(3-2-6-14)4-5-12(11)15-13(9)16/h4-5,8-9H,2-3,6-7H2,1H3,(H,15,16). The highest BCUT2D eigenvalue weighted by atomic mass is 35.5. The number of anilines is 1. The number of alkyl halides is 1. The van der Waals surface area contributed by atoms with Crippen molar-refractivity contribution in [2.45, 2.75) is 26.2 Å². The SMILES string of the molecule is CC1Cc2cc(CCCCl)ccc2NC1=O. The zero-order chi connectivity index (χ0) is 11.5. The molecule has 0 aliphatic carbocycles. The third-order valence-electron chi connectivity index (χ3n) is 3.00. The number of hydrogen-bond donors (Lipinski definition) is 1. The first-order valence-electron chi connectivity index (χ1n) is 5.69. The van der Waals surface area contributed by atoms with E-state index in [1.165, 1.54) is 11.1 Å². The van der Waals surface area contributed by atoms with Gasteiger partial charge in [0, 0.05) is 17.5 Å². The molecule has 1 aromatic carbocycles. The molecule has 0 fully saturated rings. The molecule has 2 rings (SSSR count). The minimum absolute atomic E-state index is 0.0794. The topological polar surface area (TPSA) is 29.1 Å². The van der Waals surface area contributed by atoms with Crippen LogP contribution in [0, 0.1) is 5.92 Å². The number of rotatable bonds is 3. The highest BCUT2D eigenvalue weighted by molar-refractivity contribution is 6.17. The van der Waals surface area contributed by atoms with E-state index in [1.807, 2.05) is 13.0 Å². The van der Waals surface area contributed by atoms with Gasteiger partial charge in [-0.15, -0.1) is 11.6 Å². The molecule has 86 valence electrons. The van der Waals surface area contributed by atoms with Gasteiger partial charge in [0.15, 0.2) is 0 Å². The first-order chi connectivity index (χ1) is 7.70. The predicted octanol–water partition coefficient (Wildman–Crippen LogP) is 2.99. The Labute approximate surface area is 101 Å². The summed E-state index contributed by atoms with van der Waals surface area (Å²) >= 11 is 5.68. The van der Waals surface area contributed by atoms with Crippen molar-refractivity contribution < 1.29 is 4.79 Å². The quantitative estimate of drug-likeness (QED) is 0.805. The lowest BCUT2D eigenvalue weighted by molar-refractivity contribution is -0.119. The van der Waals surface area contributed by atoms with Gasteiger partial charge in [-0.3, -0.25) is 4.79 Å². The zero-order valence-corrected chi connectivity index (χ0v) is 10.2. The molecule has 0 spiro atoms. The highest BCUT2D eigenvalue weighted by Gasteiger charge is 2.21.